The highest BCUT2D eigenvalue weighted by molar-refractivity contribution is 8.00. The molecule has 0 spiro atoms. The highest BCUT2D eigenvalue weighted by atomic mass is 32.2. The second kappa shape index (κ2) is 16.4. The van der Waals surface area contributed by atoms with Crippen molar-refractivity contribution < 1.29 is 4.79 Å². The van der Waals surface area contributed by atoms with Crippen LogP contribution in [0.5, 0.6) is 0 Å². The first kappa shape index (κ1) is 27.0. The van der Waals surface area contributed by atoms with Gasteiger partial charge in [0.2, 0.25) is 5.91 Å². The molecule has 1 N–H and O–H groups in total. The van der Waals surface area contributed by atoms with E-state index in [1.807, 2.05) is 24.0 Å². The van der Waals surface area contributed by atoms with Crippen molar-refractivity contribution in [2.75, 3.05) is 16.8 Å². The van der Waals surface area contributed by atoms with Crippen molar-refractivity contribution in [3.63, 3.8) is 0 Å². The number of hydrogen-bond donors (Lipinski definition) is 1. The number of nitrogens with zero attached hydrogens (tertiary/aromatic N) is 1. The molecule has 0 fully saturated rings. The summed E-state index contributed by atoms with van der Waals surface area (Å²) < 4.78 is 0. The van der Waals surface area contributed by atoms with Crippen LogP contribution in [0, 0.1) is 0 Å². The molecule has 178 valence electrons. The summed E-state index contributed by atoms with van der Waals surface area (Å²) in [6.07, 6.45) is 15.4. The number of aromatic nitrogens is 1. The second-order valence-electron chi connectivity index (χ2n) is 8.41. The lowest BCUT2D eigenvalue weighted by Gasteiger charge is -2.19. The summed E-state index contributed by atoms with van der Waals surface area (Å²) in [6.45, 7) is 6.65. The maximum Gasteiger partial charge on any atom is 0.237 e. The van der Waals surface area contributed by atoms with Gasteiger partial charge < -0.3 is 5.32 Å². The lowest BCUT2D eigenvalue weighted by Crippen LogP contribution is -2.26. The van der Waals surface area contributed by atoms with Crippen LogP contribution in [0.2, 0.25) is 0 Å². The summed E-state index contributed by atoms with van der Waals surface area (Å²) in [5, 5.41) is 4.39. The molecule has 0 aliphatic rings. The first-order chi connectivity index (χ1) is 15.7. The smallest absolute Gasteiger partial charge is 0.237 e. The van der Waals surface area contributed by atoms with Gasteiger partial charge in [0.25, 0.3) is 0 Å². The normalized spacial score (nSPS) is 12.2. The maximum atomic E-state index is 13.4. The molecule has 0 saturated carbocycles. The fraction of sp³-hybridized carbons (Fsp3) is 0.630. The Bertz CT molecular complexity index is 796. The number of thioether (sulfide) groups is 2. The van der Waals surface area contributed by atoms with Crippen LogP contribution in [0.25, 0.3) is 10.9 Å². The van der Waals surface area contributed by atoms with Crippen molar-refractivity contribution in [2.45, 2.75) is 102 Å². The van der Waals surface area contributed by atoms with E-state index in [1.165, 1.54) is 57.8 Å². The van der Waals surface area contributed by atoms with E-state index in [2.05, 4.69) is 49.3 Å². The predicted octanol–water partition coefficient (Wildman–Crippen LogP) is 8.72. The standard InChI is InChI=1S/C27H42N2OS2/c1-4-7-9-11-12-13-17-25(32-21-14-10-8-5-2)27(30)29-26-22-16-15-20-28-23(22)18-19-24(26)31-6-3/h15-16,18-20,25H,4-14,17,21H2,1-3H3,(H,29,30)/t25-/m0/s1. The Hall–Kier alpha value is -1.20. The number of nitrogens with one attached hydrogen (secondary N) is 1. The highest BCUT2D eigenvalue weighted by Crippen LogP contribution is 2.34. The fourth-order valence-corrected chi connectivity index (χ4v) is 5.87. The molecule has 2 rings (SSSR count). The molecular formula is C27H42N2OS2. The quantitative estimate of drug-likeness (QED) is 0.184. The molecule has 3 nitrogen and oxygen atoms in total. The molecule has 0 radical (unpaired) electrons. The predicted molar refractivity (Wildman–Crippen MR) is 145 cm³/mol. The third-order valence-corrected chi connectivity index (χ3v) is 8.04. The molecule has 1 heterocycles. The summed E-state index contributed by atoms with van der Waals surface area (Å²) in [6, 6.07) is 8.17. The number of anilines is 1. The molecule has 2 aromatic rings. The Kier molecular flexibility index (Phi) is 13.9. The molecule has 5 heteroatoms. The van der Waals surface area contributed by atoms with Gasteiger partial charge in [-0.2, -0.15) is 0 Å². The van der Waals surface area contributed by atoms with Gasteiger partial charge in [0.05, 0.1) is 16.5 Å². The third kappa shape index (κ3) is 9.35. The summed E-state index contributed by atoms with van der Waals surface area (Å²) in [4.78, 5) is 19.1. The summed E-state index contributed by atoms with van der Waals surface area (Å²) in [5.41, 5.74) is 1.87. The molecule has 32 heavy (non-hydrogen) atoms. The van der Waals surface area contributed by atoms with Crippen LogP contribution in [0.3, 0.4) is 0 Å². The molecule has 0 aliphatic carbocycles. The van der Waals surface area contributed by atoms with Gasteiger partial charge >= 0.3 is 0 Å². The fourth-order valence-electron chi connectivity index (χ4n) is 3.90. The number of fused-ring (bicyclic) bond motifs is 1. The van der Waals surface area contributed by atoms with Gasteiger partial charge in [-0.25, -0.2) is 0 Å². The van der Waals surface area contributed by atoms with Gasteiger partial charge in [-0.3, -0.25) is 9.78 Å². The van der Waals surface area contributed by atoms with E-state index in [0.717, 1.165) is 45.8 Å². The zero-order valence-electron chi connectivity index (χ0n) is 20.3. The first-order valence-electron chi connectivity index (χ1n) is 12.6. The second-order valence-corrected chi connectivity index (χ2v) is 11.0. The van der Waals surface area contributed by atoms with Gasteiger partial charge in [-0.05, 0) is 48.6 Å². The third-order valence-electron chi connectivity index (χ3n) is 5.72. The minimum absolute atomic E-state index is 0.0224. The molecule has 0 unspecified atom stereocenters. The largest absolute Gasteiger partial charge is 0.324 e. The van der Waals surface area contributed by atoms with Gasteiger partial charge in [0.1, 0.15) is 0 Å². The SMILES string of the molecule is CCCCCCCC[C@H](SCCCCCC)C(=O)Nc1c(SCC)ccc2ncccc12. The van der Waals surface area contributed by atoms with Crippen molar-refractivity contribution in [3.8, 4) is 0 Å². The average molecular weight is 475 g/mol. The van der Waals surface area contributed by atoms with Crippen molar-refractivity contribution in [3.05, 3.63) is 30.5 Å². The van der Waals surface area contributed by atoms with Gasteiger partial charge in [-0.1, -0.05) is 78.6 Å². The number of carbonyl (C=O) groups excluding carboxylic acids is 1. The summed E-state index contributed by atoms with van der Waals surface area (Å²) in [7, 11) is 0. The Morgan fingerprint density at radius 1 is 0.938 bits per heavy atom. The van der Waals surface area contributed by atoms with Crippen LogP contribution in [0.15, 0.2) is 35.4 Å². The Morgan fingerprint density at radius 3 is 2.41 bits per heavy atom. The molecule has 0 aliphatic heterocycles. The number of unbranched alkanes of at least 4 members (excludes halogenated alkanes) is 8. The minimum Gasteiger partial charge on any atom is -0.324 e. The van der Waals surface area contributed by atoms with Crippen molar-refractivity contribution in [1.82, 2.24) is 4.98 Å². The Labute approximate surface area is 204 Å². The number of benzene rings is 1. The van der Waals surface area contributed by atoms with E-state index in [4.69, 9.17) is 0 Å². The van der Waals surface area contributed by atoms with Crippen molar-refractivity contribution >= 4 is 46.0 Å². The number of rotatable bonds is 17. The van der Waals surface area contributed by atoms with Crippen LogP contribution in [-0.2, 0) is 4.79 Å². The molecule has 0 bridgehead atoms. The van der Waals surface area contributed by atoms with E-state index in [1.54, 1.807) is 11.8 Å². The Balaban J connectivity index is 2.07. The first-order valence-corrected chi connectivity index (χ1v) is 14.7. The molecular weight excluding hydrogens is 432 g/mol. The molecule has 1 amide bonds. The lowest BCUT2D eigenvalue weighted by molar-refractivity contribution is -0.115. The van der Waals surface area contributed by atoms with Crippen molar-refractivity contribution in [1.29, 1.82) is 0 Å². The Morgan fingerprint density at radius 2 is 1.66 bits per heavy atom. The monoisotopic (exact) mass is 474 g/mol. The molecule has 0 saturated heterocycles. The van der Waals surface area contributed by atoms with E-state index in [0.29, 0.717) is 0 Å². The topological polar surface area (TPSA) is 42.0 Å². The molecule has 1 aromatic heterocycles. The van der Waals surface area contributed by atoms with Gasteiger partial charge in [0.15, 0.2) is 0 Å². The van der Waals surface area contributed by atoms with Crippen LogP contribution in [0.4, 0.5) is 5.69 Å². The summed E-state index contributed by atoms with van der Waals surface area (Å²) >= 11 is 3.63. The molecule has 1 atom stereocenters. The number of carbonyl (C=O) groups is 1. The number of hydrogen-bond acceptors (Lipinski definition) is 4. The van der Waals surface area contributed by atoms with Crippen LogP contribution in [-0.4, -0.2) is 27.6 Å². The van der Waals surface area contributed by atoms with E-state index >= 15 is 0 Å². The zero-order valence-corrected chi connectivity index (χ0v) is 22.0. The van der Waals surface area contributed by atoms with Gasteiger partial charge in [0, 0.05) is 16.5 Å². The van der Waals surface area contributed by atoms with Crippen molar-refractivity contribution in [2.24, 2.45) is 0 Å². The summed E-state index contributed by atoms with van der Waals surface area (Å²) in [5.74, 6) is 2.21. The number of amides is 1. The van der Waals surface area contributed by atoms with Crippen LogP contribution in [0.1, 0.15) is 91.4 Å². The van der Waals surface area contributed by atoms with Crippen LogP contribution < -0.4 is 5.32 Å². The minimum atomic E-state index is 0.0224. The van der Waals surface area contributed by atoms with Gasteiger partial charge in [-0.15, -0.1) is 23.5 Å². The average Bonchev–Trinajstić information content (AvgIpc) is 2.81. The molecule has 1 aromatic carbocycles. The van der Waals surface area contributed by atoms with E-state index in [-0.39, 0.29) is 11.2 Å². The van der Waals surface area contributed by atoms with E-state index < -0.39 is 0 Å². The lowest BCUT2D eigenvalue weighted by atomic mass is 10.1. The number of pyridine rings is 1. The highest BCUT2D eigenvalue weighted by Gasteiger charge is 2.21. The maximum absolute atomic E-state index is 13.4. The van der Waals surface area contributed by atoms with Crippen LogP contribution >= 0.6 is 23.5 Å². The zero-order chi connectivity index (χ0) is 23.0. The van der Waals surface area contributed by atoms with E-state index in [9.17, 15) is 4.79 Å².